The van der Waals surface area contributed by atoms with Gasteiger partial charge < -0.3 is 19.7 Å². The lowest BCUT2D eigenvalue weighted by Crippen LogP contribution is -2.67. The number of carbonyl (C=O) groups is 1. The number of nitrogens with zero attached hydrogens (tertiary/aromatic N) is 1. The Bertz CT molecular complexity index is 1270. The SMILES string of the molecule is O=C(COc1ccc(Cl)c(Cl)c1)NC12CCC(n3ccc(-c4ccc(Cl)c(F)c4)c3)(CC1)C[C@H]2O. The highest BCUT2D eigenvalue weighted by Gasteiger charge is 2.55. The predicted molar refractivity (Wildman–Crippen MR) is 135 cm³/mol. The predicted octanol–water partition coefficient (Wildman–Crippen LogP) is 6.22. The van der Waals surface area contributed by atoms with Gasteiger partial charge in [-0.15, -0.1) is 0 Å². The molecule has 3 saturated carbocycles. The molecule has 35 heavy (non-hydrogen) atoms. The number of ether oxygens (including phenoxy) is 1. The Hall–Kier alpha value is -2.25. The highest BCUT2D eigenvalue weighted by molar-refractivity contribution is 6.42. The van der Waals surface area contributed by atoms with Crippen LogP contribution in [0.15, 0.2) is 54.9 Å². The van der Waals surface area contributed by atoms with Crippen LogP contribution >= 0.6 is 34.8 Å². The Labute approximate surface area is 217 Å². The van der Waals surface area contributed by atoms with E-state index in [0.29, 0.717) is 35.1 Å². The molecule has 3 aliphatic carbocycles. The van der Waals surface area contributed by atoms with Gasteiger partial charge in [0.05, 0.1) is 26.7 Å². The van der Waals surface area contributed by atoms with Gasteiger partial charge in [-0.2, -0.15) is 0 Å². The monoisotopic (exact) mass is 536 g/mol. The molecule has 1 atom stereocenters. The van der Waals surface area contributed by atoms with Crippen molar-refractivity contribution in [3.8, 4) is 16.9 Å². The molecule has 6 rings (SSSR count). The third-order valence-electron chi connectivity index (χ3n) is 7.43. The molecule has 0 saturated heterocycles. The van der Waals surface area contributed by atoms with Gasteiger partial charge >= 0.3 is 0 Å². The third-order valence-corrected chi connectivity index (χ3v) is 8.47. The van der Waals surface area contributed by atoms with Gasteiger partial charge in [0.1, 0.15) is 11.6 Å². The van der Waals surface area contributed by atoms with Crippen LogP contribution in [0.2, 0.25) is 15.1 Å². The summed E-state index contributed by atoms with van der Waals surface area (Å²) in [6, 6.07) is 11.5. The topological polar surface area (TPSA) is 63.5 Å². The van der Waals surface area contributed by atoms with Crippen molar-refractivity contribution in [2.24, 2.45) is 0 Å². The summed E-state index contributed by atoms with van der Waals surface area (Å²) in [7, 11) is 0. The van der Waals surface area contributed by atoms with Crippen LogP contribution in [0.5, 0.6) is 5.75 Å². The highest BCUT2D eigenvalue weighted by Crippen LogP contribution is 2.51. The van der Waals surface area contributed by atoms with Crippen LogP contribution in [0.1, 0.15) is 32.1 Å². The first-order chi connectivity index (χ1) is 16.7. The quantitative estimate of drug-likeness (QED) is 0.392. The van der Waals surface area contributed by atoms with Crippen LogP contribution in [-0.4, -0.2) is 33.8 Å². The van der Waals surface area contributed by atoms with Crippen LogP contribution < -0.4 is 10.1 Å². The van der Waals surface area contributed by atoms with E-state index >= 15 is 0 Å². The van der Waals surface area contributed by atoms with Gasteiger partial charge in [0.15, 0.2) is 6.61 Å². The van der Waals surface area contributed by atoms with Gasteiger partial charge in [-0.05, 0) is 73.6 Å². The number of aliphatic hydroxyl groups excluding tert-OH is 1. The van der Waals surface area contributed by atoms with E-state index < -0.39 is 17.5 Å². The highest BCUT2D eigenvalue weighted by atomic mass is 35.5. The smallest absolute Gasteiger partial charge is 0.258 e. The second-order valence-corrected chi connectivity index (χ2v) is 10.7. The van der Waals surface area contributed by atoms with Crippen molar-refractivity contribution in [2.75, 3.05) is 6.61 Å². The second-order valence-electron chi connectivity index (χ2n) is 9.45. The minimum atomic E-state index is -0.697. The summed E-state index contributed by atoms with van der Waals surface area (Å²) in [6.07, 6.45) is 6.71. The van der Waals surface area contributed by atoms with Crippen molar-refractivity contribution >= 4 is 40.7 Å². The summed E-state index contributed by atoms with van der Waals surface area (Å²) < 4.78 is 21.6. The van der Waals surface area contributed by atoms with Crippen molar-refractivity contribution in [3.63, 3.8) is 0 Å². The average molecular weight is 538 g/mol. The Kier molecular flexibility index (Phi) is 6.51. The lowest BCUT2D eigenvalue weighted by atomic mass is 9.59. The summed E-state index contributed by atoms with van der Waals surface area (Å²) in [6.45, 7) is -0.184. The number of amides is 1. The molecule has 9 heteroatoms. The Balaban J connectivity index is 1.24. The number of rotatable bonds is 6. The van der Waals surface area contributed by atoms with Crippen molar-refractivity contribution in [1.82, 2.24) is 9.88 Å². The van der Waals surface area contributed by atoms with Gasteiger partial charge in [0.25, 0.3) is 5.91 Å². The van der Waals surface area contributed by atoms with Crippen molar-refractivity contribution in [3.05, 3.63) is 75.7 Å². The van der Waals surface area contributed by atoms with E-state index in [1.807, 2.05) is 18.5 Å². The van der Waals surface area contributed by atoms with E-state index in [2.05, 4.69) is 9.88 Å². The van der Waals surface area contributed by atoms with Crippen LogP contribution in [0.3, 0.4) is 0 Å². The van der Waals surface area contributed by atoms with Gasteiger partial charge in [0, 0.05) is 24.0 Å². The zero-order chi connectivity index (χ0) is 24.8. The van der Waals surface area contributed by atoms with Crippen LogP contribution in [0.25, 0.3) is 11.1 Å². The summed E-state index contributed by atoms with van der Waals surface area (Å²) in [4.78, 5) is 12.7. The summed E-state index contributed by atoms with van der Waals surface area (Å²) in [5.41, 5.74) is 0.721. The van der Waals surface area contributed by atoms with E-state index in [-0.39, 0.29) is 23.1 Å². The molecule has 1 amide bonds. The number of hydrogen-bond donors (Lipinski definition) is 2. The molecule has 2 aromatic carbocycles. The molecular formula is C26H24Cl3FN2O3. The Morgan fingerprint density at radius 3 is 2.46 bits per heavy atom. The standard InChI is InChI=1S/C26H24Cl3FN2O3/c27-19-4-2-18(12-21(19)29)35-15-24(34)31-26-8-6-25(7-9-26,13-23(26)33)32-10-5-17(14-32)16-1-3-20(28)22(30)11-16/h1-5,10-12,14,23,33H,6-9,13,15H2,(H,31,34)/t23-,25?,26?/m1/s1. The number of fused-ring (bicyclic) bond motifs is 3. The van der Waals surface area contributed by atoms with E-state index in [9.17, 15) is 14.3 Å². The first-order valence-corrected chi connectivity index (χ1v) is 12.5. The number of hydrogen-bond acceptors (Lipinski definition) is 3. The molecule has 1 aromatic heterocycles. The maximum Gasteiger partial charge on any atom is 0.258 e. The molecule has 0 spiro atoms. The van der Waals surface area contributed by atoms with Crippen molar-refractivity contribution in [1.29, 1.82) is 0 Å². The minimum absolute atomic E-state index is 0.0928. The normalized spacial score (nSPS) is 25.5. The molecule has 0 radical (unpaired) electrons. The fourth-order valence-corrected chi connectivity index (χ4v) is 5.80. The molecule has 184 valence electrons. The zero-order valence-electron chi connectivity index (χ0n) is 18.7. The fourth-order valence-electron chi connectivity index (χ4n) is 5.39. The molecular weight excluding hydrogens is 514 g/mol. The molecule has 0 aliphatic heterocycles. The summed E-state index contributed by atoms with van der Waals surface area (Å²) >= 11 is 17.7. The fraction of sp³-hybridized carbons (Fsp3) is 0.346. The first-order valence-electron chi connectivity index (χ1n) is 11.4. The Morgan fingerprint density at radius 1 is 1.03 bits per heavy atom. The van der Waals surface area contributed by atoms with Crippen LogP contribution in [0, 0.1) is 5.82 Å². The summed E-state index contributed by atoms with van der Waals surface area (Å²) in [5.74, 6) is -0.301. The zero-order valence-corrected chi connectivity index (χ0v) is 21.0. The average Bonchev–Trinajstić information content (AvgIpc) is 3.34. The van der Waals surface area contributed by atoms with E-state index in [1.54, 1.807) is 30.3 Å². The number of benzene rings is 2. The molecule has 1 heterocycles. The molecule has 3 aliphatic rings. The molecule has 0 unspecified atom stereocenters. The van der Waals surface area contributed by atoms with E-state index in [4.69, 9.17) is 39.5 Å². The minimum Gasteiger partial charge on any atom is -0.484 e. The largest absolute Gasteiger partial charge is 0.484 e. The van der Waals surface area contributed by atoms with Gasteiger partial charge in [-0.3, -0.25) is 4.79 Å². The lowest BCUT2D eigenvalue weighted by molar-refractivity contribution is -0.134. The molecule has 3 fully saturated rings. The van der Waals surface area contributed by atoms with E-state index in [0.717, 1.165) is 24.0 Å². The van der Waals surface area contributed by atoms with Crippen LogP contribution in [-0.2, 0) is 10.3 Å². The number of nitrogens with one attached hydrogen (secondary N) is 1. The maximum absolute atomic E-state index is 13.9. The van der Waals surface area contributed by atoms with Gasteiger partial charge in [0.2, 0.25) is 0 Å². The van der Waals surface area contributed by atoms with Gasteiger partial charge in [-0.25, -0.2) is 4.39 Å². The summed E-state index contributed by atoms with van der Waals surface area (Å²) in [5, 5.41) is 15.0. The Morgan fingerprint density at radius 2 is 1.77 bits per heavy atom. The van der Waals surface area contributed by atoms with Gasteiger partial charge in [-0.1, -0.05) is 40.9 Å². The van der Waals surface area contributed by atoms with Crippen molar-refractivity contribution < 1.29 is 19.0 Å². The molecule has 5 nitrogen and oxygen atoms in total. The number of aromatic nitrogens is 1. The molecule has 2 N–H and O–H groups in total. The van der Waals surface area contributed by atoms with Crippen LogP contribution in [0.4, 0.5) is 4.39 Å². The lowest BCUT2D eigenvalue weighted by Gasteiger charge is -2.56. The maximum atomic E-state index is 13.9. The number of aliphatic hydroxyl groups is 1. The molecule has 2 bridgehead atoms. The molecule has 3 aromatic rings. The second kappa shape index (κ2) is 9.32. The number of carbonyl (C=O) groups excluding carboxylic acids is 1. The first kappa shape index (κ1) is 24.4. The van der Waals surface area contributed by atoms with Crippen molar-refractivity contribution in [2.45, 2.75) is 49.3 Å². The third kappa shape index (κ3) is 4.65. The number of halogens is 4. The van der Waals surface area contributed by atoms with E-state index in [1.165, 1.54) is 6.07 Å².